The van der Waals surface area contributed by atoms with E-state index in [1.54, 1.807) is 0 Å². The third-order valence-corrected chi connectivity index (χ3v) is 11.1. The molecule has 0 saturated carbocycles. The van der Waals surface area contributed by atoms with Gasteiger partial charge in [-0.05, 0) is 96.6 Å². The number of fused-ring (bicyclic) bond motifs is 13. The highest BCUT2D eigenvalue weighted by Gasteiger charge is 2.51. The van der Waals surface area contributed by atoms with Crippen molar-refractivity contribution in [1.82, 2.24) is 0 Å². The lowest BCUT2D eigenvalue weighted by atomic mass is 9.70. The van der Waals surface area contributed by atoms with Crippen molar-refractivity contribution in [1.29, 1.82) is 0 Å². The molecular formula is C44H36. The fraction of sp³-hybridized carbons (Fsp3) is 0.182. The van der Waals surface area contributed by atoms with E-state index >= 15 is 0 Å². The largest absolute Gasteiger partial charge is 0.0725 e. The van der Waals surface area contributed by atoms with Crippen molar-refractivity contribution in [3.8, 4) is 33.4 Å². The molecular weight excluding hydrogens is 528 g/mol. The molecule has 9 rings (SSSR count). The van der Waals surface area contributed by atoms with Gasteiger partial charge in [-0.2, -0.15) is 0 Å². The summed E-state index contributed by atoms with van der Waals surface area (Å²) in [6.07, 6.45) is 2.17. The van der Waals surface area contributed by atoms with Gasteiger partial charge in [0, 0.05) is 5.41 Å². The van der Waals surface area contributed by atoms with E-state index in [0.717, 1.165) is 12.8 Å². The zero-order valence-corrected chi connectivity index (χ0v) is 25.7. The maximum absolute atomic E-state index is 2.51. The van der Waals surface area contributed by atoms with E-state index in [1.165, 1.54) is 77.9 Å². The fourth-order valence-electron chi connectivity index (χ4n) is 8.99. The van der Waals surface area contributed by atoms with E-state index in [2.05, 4.69) is 154 Å². The highest BCUT2D eigenvalue weighted by molar-refractivity contribution is 5.95. The predicted molar refractivity (Wildman–Crippen MR) is 183 cm³/mol. The maximum atomic E-state index is 2.51. The quantitative estimate of drug-likeness (QED) is 0.199. The van der Waals surface area contributed by atoms with Crippen LogP contribution in [-0.4, -0.2) is 0 Å². The Balaban J connectivity index is 1.12. The molecule has 1 unspecified atom stereocenters. The summed E-state index contributed by atoms with van der Waals surface area (Å²) < 4.78 is 0. The number of aryl methyl sites for hydroxylation is 1. The van der Waals surface area contributed by atoms with Crippen molar-refractivity contribution in [2.75, 3.05) is 0 Å². The molecule has 0 nitrogen and oxygen atoms in total. The van der Waals surface area contributed by atoms with Crippen molar-refractivity contribution in [3.05, 3.63) is 178 Å². The molecule has 0 N–H and O–H groups in total. The van der Waals surface area contributed by atoms with Crippen LogP contribution in [0.4, 0.5) is 0 Å². The lowest BCUT2D eigenvalue weighted by Crippen LogP contribution is -2.25. The first-order valence-electron chi connectivity index (χ1n) is 16.2. The molecule has 0 aliphatic heterocycles. The van der Waals surface area contributed by atoms with Crippen molar-refractivity contribution in [3.63, 3.8) is 0 Å². The van der Waals surface area contributed by atoms with Crippen molar-refractivity contribution < 1.29 is 0 Å². The van der Waals surface area contributed by atoms with Crippen LogP contribution in [0.1, 0.15) is 77.6 Å². The van der Waals surface area contributed by atoms with Crippen LogP contribution in [0.3, 0.4) is 0 Å². The molecule has 6 aromatic carbocycles. The Labute approximate surface area is 261 Å². The second-order valence-electron chi connectivity index (χ2n) is 13.6. The van der Waals surface area contributed by atoms with Gasteiger partial charge in [-0.25, -0.2) is 0 Å². The molecule has 0 aromatic heterocycles. The molecule has 6 aromatic rings. The summed E-state index contributed by atoms with van der Waals surface area (Å²) in [5, 5.41) is 0. The van der Waals surface area contributed by atoms with Crippen molar-refractivity contribution in [2.45, 2.75) is 50.4 Å². The predicted octanol–water partition coefficient (Wildman–Crippen LogP) is 11.1. The number of benzene rings is 6. The Morgan fingerprint density at radius 2 is 0.977 bits per heavy atom. The Morgan fingerprint density at radius 3 is 1.64 bits per heavy atom. The summed E-state index contributed by atoms with van der Waals surface area (Å²) in [5.41, 5.74) is 19.7. The van der Waals surface area contributed by atoms with Gasteiger partial charge in [-0.15, -0.1) is 0 Å². The van der Waals surface area contributed by atoms with Crippen LogP contribution in [0.15, 0.2) is 133 Å². The van der Waals surface area contributed by atoms with Gasteiger partial charge in [0.1, 0.15) is 0 Å². The van der Waals surface area contributed by atoms with Crippen LogP contribution in [0.5, 0.6) is 0 Å². The van der Waals surface area contributed by atoms with Gasteiger partial charge < -0.3 is 0 Å². The van der Waals surface area contributed by atoms with Gasteiger partial charge in [0.15, 0.2) is 0 Å². The van der Waals surface area contributed by atoms with Crippen LogP contribution in [0, 0.1) is 0 Å². The van der Waals surface area contributed by atoms with E-state index in [4.69, 9.17) is 0 Å². The van der Waals surface area contributed by atoms with E-state index in [1.807, 2.05) is 0 Å². The first kappa shape index (κ1) is 25.8. The minimum absolute atomic E-state index is 0.0355. The average molecular weight is 565 g/mol. The van der Waals surface area contributed by atoms with E-state index in [0.29, 0.717) is 5.92 Å². The maximum Gasteiger partial charge on any atom is 0.0725 e. The molecule has 3 aliphatic rings. The van der Waals surface area contributed by atoms with Gasteiger partial charge in [0.2, 0.25) is 0 Å². The normalized spacial score (nSPS) is 16.1. The molecule has 0 radical (unpaired) electrons. The summed E-state index contributed by atoms with van der Waals surface area (Å²) >= 11 is 0. The van der Waals surface area contributed by atoms with Gasteiger partial charge in [0.05, 0.1) is 5.41 Å². The zero-order chi connectivity index (χ0) is 29.6. The lowest BCUT2D eigenvalue weighted by molar-refractivity contribution is 0.648. The number of rotatable bonds is 4. The van der Waals surface area contributed by atoms with Crippen LogP contribution in [0.2, 0.25) is 0 Å². The molecule has 0 amide bonds. The Kier molecular flexibility index (Phi) is 5.37. The minimum atomic E-state index is -0.263. The van der Waals surface area contributed by atoms with E-state index in [-0.39, 0.29) is 10.8 Å². The van der Waals surface area contributed by atoms with Crippen molar-refractivity contribution in [2.24, 2.45) is 0 Å². The Hall–Kier alpha value is -4.68. The number of hydrogen-bond donors (Lipinski definition) is 0. The molecule has 1 spiro atoms. The zero-order valence-electron chi connectivity index (χ0n) is 25.7. The molecule has 212 valence electrons. The third-order valence-electron chi connectivity index (χ3n) is 11.1. The Morgan fingerprint density at radius 1 is 0.477 bits per heavy atom. The highest BCUT2D eigenvalue weighted by Crippen LogP contribution is 2.63. The molecule has 0 saturated heterocycles. The molecule has 0 heteroatoms. The van der Waals surface area contributed by atoms with Gasteiger partial charge >= 0.3 is 0 Å². The van der Waals surface area contributed by atoms with Crippen molar-refractivity contribution >= 4 is 0 Å². The topological polar surface area (TPSA) is 0 Å². The summed E-state index contributed by atoms with van der Waals surface area (Å²) in [5.74, 6) is 0.467. The van der Waals surface area contributed by atoms with Crippen LogP contribution in [0.25, 0.3) is 33.4 Å². The second-order valence-corrected chi connectivity index (χ2v) is 13.6. The second kappa shape index (κ2) is 9.16. The summed E-state index contributed by atoms with van der Waals surface area (Å²) in [6, 6.07) is 50.7. The average Bonchev–Trinajstić information content (AvgIpc) is 3.63. The Bertz CT molecular complexity index is 2080. The van der Waals surface area contributed by atoms with Gasteiger partial charge in [0.25, 0.3) is 0 Å². The molecule has 3 aliphatic carbocycles. The van der Waals surface area contributed by atoms with Crippen LogP contribution < -0.4 is 0 Å². The van der Waals surface area contributed by atoms with E-state index in [9.17, 15) is 0 Å². The molecule has 0 heterocycles. The highest BCUT2D eigenvalue weighted by atomic mass is 14.5. The van der Waals surface area contributed by atoms with Crippen LogP contribution in [-0.2, 0) is 17.3 Å². The standard InChI is InChI=1S/C44H36/c1-28(30-25-26-34-31-14-4-8-18-36(31)43(2,3)41(34)27-30)23-24-29-13-12-22-40-42(29)35-17-7-11-21-39(35)44(40)37-19-9-5-15-32(37)33-16-6-10-20-38(33)44/h4-22,25-28H,23-24H2,1-3H3. The first-order valence-corrected chi connectivity index (χ1v) is 16.2. The SMILES string of the molecule is CC(CCc1cccc2c1-c1ccccc1C21c2ccccc2-c2ccccc21)c1ccc2c(c1)C(C)(C)c1ccccc1-2. The third kappa shape index (κ3) is 3.24. The molecule has 1 atom stereocenters. The lowest BCUT2D eigenvalue weighted by Gasteiger charge is -2.30. The van der Waals surface area contributed by atoms with E-state index < -0.39 is 0 Å². The first-order chi connectivity index (χ1) is 21.5. The number of hydrogen-bond acceptors (Lipinski definition) is 0. The molecule has 0 fully saturated rings. The molecule has 0 bridgehead atoms. The summed E-state index contributed by atoms with van der Waals surface area (Å²) in [7, 11) is 0. The fourth-order valence-corrected chi connectivity index (χ4v) is 8.99. The molecule has 44 heavy (non-hydrogen) atoms. The van der Waals surface area contributed by atoms with Gasteiger partial charge in [-0.3, -0.25) is 0 Å². The van der Waals surface area contributed by atoms with Crippen LogP contribution >= 0.6 is 0 Å². The van der Waals surface area contributed by atoms with Gasteiger partial charge in [-0.1, -0.05) is 154 Å². The smallest absolute Gasteiger partial charge is 0.0619 e. The minimum Gasteiger partial charge on any atom is -0.0619 e. The summed E-state index contributed by atoms with van der Waals surface area (Å²) in [6.45, 7) is 7.18. The summed E-state index contributed by atoms with van der Waals surface area (Å²) in [4.78, 5) is 0. The monoisotopic (exact) mass is 564 g/mol.